The molecule has 150 valence electrons. The van der Waals surface area contributed by atoms with Crippen LogP contribution in [-0.2, 0) is 11.3 Å². The zero-order valence-corrected chi connectivity index (χ0v) is 16.9. The van der Waals surface area contributed by atoms with Crippen LogP contribution in [0.2, 0.25) is 0 Å². The first kappa shape index (κ1) is 20.4. The monoisotopic (exact) mass is 411 g/mol. The summed E-state index contributed by atoms with van der Waals surface area (Å²) in [5.41, 5.74) is 6.91. The summed E-state index contributed by atoms with van der Waals surface area (Å²) in [6, 6.07) is 14.2. The molecule has 2 aromatic carbocycles. The third-order valence-corrected chi connectivity index (χ3v) is 5.15. The Morgan fingerprint density at radius 3 is 2.52 bits per heavy atom. The zero-order valence-electron chi connectivity index (χ0n) is 16.1. The first-order valence-electron chi connectivity index (χ1n) is 8.92. The van der Waals surface area contributed by atoms with Crippen molar-refractivity contribution in [3.05, 3.63) is 54.1 Å². The van der Waals surface area contributed by atoms with Crippen LogP contribution in [0.15, 0.2) is 53.7 Å². The number of carbonyl (C=O) groups excluding carboxylic acids is 2. The smallest absolute Gasteiger partial charge is 0.250 e. The Labute approximate surface area is 172 Å². The molecule has 0 spiro atoms. The Morgan fingerprint density at radius 1 is 1.14 bits per heavy atom. The first-order valence-corrected chi connectivity index (χ1v) is 9.91. The summed E-state index contributed by atoms with van der Waals surface area (Å²) >= 11 is 1.27. The highest BCUT2D eigenvalue weighted by atomic mass is 32.2. The number of ether oxygens (including phenoxy) is 1. The van der Waals surface area contributed by atoms with E-state index in [-0.39, 0.29) is 17.2 Å². The van der Waals surface area contributed by atoms with Gasteiger partial charge in [0.05, 0.1) is 24.1 Å². The number of primary amides is 1. The molecule has 0 aliphatic carbocycles. The van der Waals surface area contributed by atoms with Crippen molar-refractivity contribution >= 4 is 29.3 Å². The summed E-state index contributed by atoms with van der Waals surface area (Å²) in [4.78, 5) is 23.8. The molecule has 0 bridgehead atoms. The SMILES string of the molecule is CCn1c(SCC(=O)Nc2ccccc2C(N)=O)nnc1-c1ccc(OC)cc1. The fraction of sp³-hybridized carbons (Fsp3) is 0.200. The van der Waals surface area contributed by atoms with E-state index >= 15 is 0 Å². The maximum absolute atomic E-state index is 12.4. The molecule has 3 aromatic rings. The van der Waals surface area contributed by atoms with Gasteiger partial charge in [-0.25, -0.2) is 0 Å². The minimum absolute atomic E-state index is 0.119. The molecule has 29 heavy (non-hydrogen) atoms. The molecule has 3 rings (SSSR count). The first-order chi connectivity index (χ1) is 14.0. The molecule has 2 amide bonds. The molecule has 9 heteroatoms. The van der Waals surface area contributed by atoms with Crippen molar-refractivity contribution in [2.24, 2.45) is 5.73 Å². The number of amides is 2. The average molecular weight is 411 g/mol. The molecule has 0 unspecified atom stereocenters. The molecular formula is C20H21N5O3S. The number of anilines is 1. The summed E-state index contributed by atoms with van der Waals surface area (Å²) in [5.74, 6) is 0.744. The molecular weight excluding hydrogens is 390 g/mol. The van der Waals surface area contributed by atoms with Gasteiger partial charge in [0.2, 0.25) is 5.91 Å². The van der Waals surface area contributed by atoms with Crippen molar-refractivity contribution in [2.75, 3.05) is 18.2 Å². The molecule has 3 N–H and O–H groups in total. The van der Waals surface area contributed by atoms with E-state index in [1.807, 2.05) is 35.8 Å². The predicted octanol–water partition coefficient (Wildman–Crippen LogP) is 2.80. The predicted molar refractivity (Wildman–Crippen MR) is 112 cm³/mol. The number of nitrogens with one attached hydrogen (secondary N) is 1. The average Bonchev–Trinajstić information content (AvgIpc) is 3.15. The van der Waals surface area contributed by atoms with Gasteiger partial charge in [0.15, 0.2) is 11.0 Å². The maximum Gasteiger partial charge on any atom is 0.250 e. The van der Waals surface area contributed by atoms with Gasteiger partial charge in [0.1, 0.15) is 5.75 Å². The van der Waals surface area contributed by atoms with E-state index in [9.17, 15) is 9.59 Å². The van der Waals surface area contributed by atoms with Crippen LogP contribution in [0, 0.1) is 0 Å². The summed E-state index contributed by atoms with van der Waals surface area (Å²) in [5, 5.41) is 11.8. The number of hydrogen-bond acceptors (Lipinski definition) is 6. The van der Waals surface area contributed by atoms with Crippen LogP contribution >= 0.6 is 11.8 Å². The molecule has 0 saturated carbocycles. The minimum atomic E-state index is -0.594. The van der Waals surface area contributed by atoms with Crippen LogP contribution in [0.1, 0.15) is 17.3 Å². The summed E-state index contributed by atoms with van der Waals surface area (Å²) < 4.78 is 7.12. The van der Waals surface area contributed by atoms with E-state index in [0.29, 0.717) is 17.4 Å². The fourth-order valence-electron chi connectivity index (χ4n) is 2.76. The van der Waals surface area contributed by atoms with Crippen LogP contribution in [0.5, 0.6) is 5.75 Å². The van der Waals surface area contributed by atoms with Crippen LogP contribution in [-0.4, -0.2) is 39.4 Å². The van der Waals surface area contributed by atoms with Gasteiger partial charge < -0.3 is 20.4 Å². The quantitative estimate of drug-likeness (QED) is 0.551. The van der Waals surface area contributed by atoms with Gasteiger partial charge in [0, 0.05) is 12.1 Å². The third kappa shape index (κ3) is 4.75. The van der Waals surface area contributed by atoms with Crippen molar-refractivity contribution < 1.29 is 14.3 Å². The van der Waals surface area contributed by atoms with Crippen molar-refractivity contribution in [1.82, 2.24) is 14.8 Å². The molecule has 1 heterocycles. The van der Waals surface area contributed by atoms with E-state index in [2.05, 4.69) is 15.5 Å². The number of methoxy groups -OCH3 is 1. The lowest BCUT2D eigenvalue weighted by Gasteiger charge is -2.09. The van der Waals surface area contributed by atoms with Gasteiger partial charge in [0.25, 0.3) is 5.91 Å². The van der Waals surface area contributed by atoms with Crippen molar-refractivity contribution in [2.45, 2.75) is 18.6 Å². The second-order valence-electron chi connectivity index (χ2n) is 6.03. The number of carbonyl (C=O) groups is 2. The van der Waals surface area contributed by atoms with Crippen LogP contribution in [0.4, 0.5) is 5.69 Å². The largest absolute Gasteiger partial charge is 0.497 e. The lowest BCUT2D eigenvalue weighted by molar-refractivity contribution is -0.113. The number of nitrogens with two attached hydrogens (primary N) is 1. The van der Waals surface area contributed by atoms with E-state index < -0.39 is 5.91 Å². The summed E-state index contributed by atoms with van der Waals surface area (Å²) in [6.07, 6.45) is 0. The van der Waals surface area contributed by atoms with Gasteiger partial charge in [-0.1, -0.05) is 23.9 Å². The number of rotatable bonds is 8. The lowest BCUT2D eigenvalue weighted by atomic mass is 10.1. The molecule has 0 saturated heterocycles. The van der Waals surface area contributed by atoms with Gasteiger partial charge in [-0.3, -0.25) is 9.59 Å². The molecule has 8 nitrogen and oxygen atoms in total. The Kier molecular flexibility index (Phi) is 6.50. The zero-order chi connectivity index (χ0) is 20.8. The lowest BCUT2D eigenvalue weighted by Crippen LogP contribution is -2.19. The number of aromatic nitrogens is 3. The highest BCUT2D eigenvalue weighted by molar-refractivity contribution is 7.99. The number of nitrogens with zero attached hydrogens (tertiary/aromatic N) is 3. The van der Waals surface area contributed by atoms with Gasteiger partial charge in [-0.2, -0.15) is 0 Å². The number of benzene rings is 2. The Bertz CT molecular complexity index is 1020. The van der Waals surface area contributed by atoms with E-state index in [0.717, 1.165) is 17.1 Å². The Balaban J connectivity index is 1.70. The number of thioether (sulfide) groups is 1. The fourth-order valence-corrected chi connectivity index (χ4v) is 3.56. The molecule has 0 atom stereocenters. The molecule has 0 radical (unpaired) electrons. The minimum Gasteiger partial charge on any atom is -0.497 e. The number of para-hydroxylation sites is 1. The van der Waals surface area contributed by atoms with Gasteiger partial charge in [-0.15, -0.1) is 10.2 Å². The van der Waals surface area contributed by atoms with Gasteiger partial charge in [-0.05, 0) is 43.3 Å². The third-order valence-electron chi connectivity index (χ3n) is 4.18. The van der Waals surface area contributed by atoms with Crippen molar-refractivity contribution in [3.8, 4) is 17.1 Å². The van der Waals surface area contributed by atoms with Crippen molar-refractivity contribution in [1.29, 1.82) is 0 Å². The second-order valence-corrected chi connectivity index (χ2v) is 6.97. The molecule has 0 aliphatic heterocycles. The van der Waals surface area contributed by atoms with Gasteiger partial charge >= 0.3 is 0 Å². The topological polar surface area (TPSA) is 112 Å². The second kappa shape index (κ2) is 9.24. The van der Waals surface area contributed by atoms with Crippen molar-refractivity contribution in [3.63, 3.8) is 0 Å². The molecule has 0 aliphatic rings. The van der Waals surface area contributed by atoms with E-state index in [1.54, 1.807) is 31.4 Å². The Hall–Kier alpha value is -3.33. The maximum atomic E-state index is 12.4. The standard InChI is InChI=1S/C20H21N5O3S/c1-3-25-19(13-8-10-14(28-2)11-9-13)23-24-20(25)29-12-17(26)22-16-7-5-4-6-15(16)18(21)27/h4-11H,3,12H2,1-2H3,(H2,21,27)(H,22,26). The summed E-state index contributed by atoms with van der Waals surface area (Å²) in [6.45, 7) is 2.65. The van der Waals surface area contributed by atoms with Crippen LogP contribution < -0.4 is 15.8 Å². The van der Waals surface area contributed by atoms with Crippen LogP contribution in [0.3, 0.4) is 0 Å². The molecule has 0 fully saturated rings. The number of hydrogen-bond donors (Lipinski definition) is 2. The van der Waals surface area contributed by atoms with E-state index in [4.69, 9.17) is 10.5 Å². The highest BCUT2D eigenvalue weighted by Gasteiger charge is 2.16. The normalized spacial score (nSPS) is 10.6. The molecule has 1 aromatic heterocycles. The Morgan fingerprint density at radius 2 is 1.86 bits per heavy atom. The van der Waals surface area contributed by atoms with Crippen LogP contribution in [0.25, 0.3) is 11.4 Å². The van der Waals surface area contributed by atoms with E-state index in [1.165, 1.54) is 11.8 Å². The highest BCUT2D eigenvalue weighted by Crippen LogP contribution is 2.26. The summed E-state index contributed by atoms with van der Waals surface area (Å²) in [7, 11) is 1.62.